The highest BCUT2D eigenvalue weighted by Crippen LogP contribution is 2.25. The standard InChI is InChI=1S/C15H14BrN3O/c16-12-6-11(8-17-9-12)15(20)19-13-4-3-10-2-1-5-18-14(10)7-13/h3-4,6-9,18H,1-2,5H2,(H,19,20). The predicted molar refractivity (Wildman–Crippen MR) is 83.1 cm³/mol. The fourth-order valence-corrected chi connectivity index (χ4v) is 2.64. The minimum absolute atomic E-state index is 0.158. The largest absolute Gasteiger partial charge is 0.385 e. The molecule has 1 amide bonds. The van der Waals surface area contributed by atoms with Gasteiger partial charge in [0.05, 0.1) is 5.56 Å². The third-order valence-electron chi connectivity index (χ3n) is 3.27. The van der Waals surface area contributed by atoms with Crippen LogP contribution >= 0.6 is 15.9 Å². The van der Waals surface area contributed by atoms with Crippen LogP contribution < -0.4 is 10.6 Å². The first-order valence-corrected chi connectivity index (χ1v) is 7.30. The summed E-state index contributed by atoms with van der Waals surface area (Å²) in [6.45, 7) is 0.986. The van der Waals surface area contributed by atoms with Crippen LogP contribution in [0.15, 0.2) is 41.1 Å². The number of hydrogen-bond acceptors (Lipinski definition) is 3. The second-order valence-corrected chi connectivity index (χ2v) is 5.66. The number of nitrogens with zero attached hydrogens (tertiary/aromatic N) is 1. The number of carbonyl (C=O) groups is 1. The number of carbonyl (C=O) groups excluding carboxylic acids is 1. The molecular formula is C15H14BrN3O. The number of pyridine rings is 1. The highest BCUT2D eigenvalue weighted by Gasteiger charge is 2.11. The zero-order valence-electron chi connectivity index (χ0n) is 10.8. The lowest BCUT2D eigenvalue weighted by Gasteiger charge is -2.18. The predicted octanol–water partition coefficient (Wildman–Crippen LogP) is 3.45. The maximum atomic E-state index is 12.1. The molecule has 3 rings (SSSR count). The molecular weight excluding hydrogens is 318 g/mol. The fourth-order valence-electron chi connectivity index (χ4n) is 2.28. The van der Waals surface area contributed by atoms with Crippen LogP contribution in [0.5, 0.6) is 0 Å². The Bertz CT molecular complexity index is 657. The van der Waals surface area contributed by atoms with Gasteiger partial charge in [-0.3, -0.25) is 9.78 Å². The highest BCUT2D eigenvalue weighted by atomic mass is 79.9. The van der Waals surface area contributed by atoms with Crippen molar-refractivity contribution in [3.8, 4) is 0 Å². The van der Waals surface area contributed by atoms with E-state index >= 15 is 0 Å². The van der Waals surface area contributed by atoms with Crippen LogP contribution in [0.4, 0.5) is 11.4 Å². The first-order valence-electron chi connectivity index (χ1n) is 6.51. The van der Waals surface area contributed by atoms with E-state index in [1.807, 2.05) is 12.1 Å². The van der Waals surface area contributed by atoms with Crippen molar-refractivity contribution in [3.05, 3.63) is 52.3 Å². The summed E-state index contributed by atoms with van der Waals surface area (Å²) in [5.41, 5.74) is 3.74. The molecule has 0 unspecified atom stereocenters. The second-order valence-electron chi connectivity index (χ2n) is 4.75. The summed E-state index contributed by atoms with van der Waals surface area (Å²) in [6.07, 6.45) is 5.45. The Morgan fingerprint density at radius 2 is 2.20 bits per heavy atom. The van der Waals surface area contributed by atoms with E-state index in [0.29, 0.717) is 5.56 Å². The van der Waals surface area contributed by atoms with E-state index in [-0.39, 0.29) is 5.91 Å². The van der Waals surface area contributed by atoms with Crippen molar-refractivity contribution >= 4 is 33.2 Å². The van der Waals surface area contributed by atoms with E-state index in [0.717, 1.165) is 35.2 Å². The topological polar surface area (TPSA) is 54.0 Å². The van der Waals surface area contributed by atoms with Crippen molar-refractivity contribution in [2.24, 2.45) is 0 Å². The number of fused-ring (bicyclic) bond motifs is 1. The number of amides is 1. The quantitative estimate of drug-likeness (QED) is 0.886. The molecule has 2 heterocycles. The number of nitrogens with one attached hydrogen (secondary N) is 2. The lowest BCUT2D eigenvalue weighted by molar-refractivity contribution is 0.102. The smallest absolute Gasteiger partial charge is 0.257 e. The molecule has 1 aliphatic heterocycles. The summed E-state index contributed by atoms with van der Waals surface area (Å²) in [7, 11) is 0. The summed E-state index contributed by atoms with van der Waals surface area (Å²) >= 11 is 3.31. The van der Waals surface area contributed by atoms with E-state index in [4.69, 9.17) is 0 Å². The highest BCUT2D eigenvalue weighted by molar-refractivity contribution is 9.10. The van der Waals surface area contributed by atoms with E-state index in [1.54, 1.807) is 18.5 Å². The third kappa shape index (κ3) is 2.82. The molecule has 0 saturated carbocycles. The summed E-state index contributed by atoms with van der Waals surface area (Å²) in [4.78, 5) is 16.1. The Kier molecular flexibility index (Phi) is 3.69. The number of aryl methyl sites for hydroxylation is 1. The molecule has 4 nitrogen and oxygen atoms in total. The fraction of sp³-hybridized carbons (Fsp3) is 0.200. The van der Waals surface area contributed by atoms with Crippen LogP contribution in [0.2, 0.25) is 0 Å². The molecule has 2 aromatic rings. The molecule has 0 saturated heterocycles. The molecule has 0 bridgehead atoms. The van der Waals surface area contributed by atoms with Crippen LogP contribution in [0, 0.1) is 0 Å². The monoisotopic (exact) mass is 331 g/mol. The first-order chi connectivity index (χ1) is 9.72. The molecule has 1 aromatic carbocycles. The maximum absolute atomic E-state index is 12.1. The Morgan fingerprint density at radius 3 is 3.05 bits per heavy atom. The molecule has 20 heavy (non-hydrogen) atoms. The number of benzene rings is 1. The molecule has 0 radical (unpaired) electrons. The van der Waals surface area contributed by atoms with Crippen molar-refractivity contribution < 1.29 is 4.79 Å². The van der Waals surface area contributed by atoms with Gasteiger partial charge in [-0.05, 0) is 52.5 Å². The zero-order valence-corrected chi connectivity index (χ0v) is 12.4. The summed E-state index contributed by atoms with van der Waals surface area (Å²) in [6, 6.07) is 7.74. The molecule has 1 aromatic heterocycles. The van der Waals surface area contributed by atoms with Crippen LogP contribution in [-0.4, -0.2) is 17.4 Å². The van der Waals surface area contributed by atoms with Crippen molar-refractivity contribution in [2.45, 2.75) is 12.8 Å². The molecule has 0 spiro atoms. The van der Waals surface area contributed by atoms with Gasteiger partial charge >= 0.3 is 0 Å². The van der Waals surface area contributed by atoms with Crippen molar-refractivity contribution in [3.63, 3.8) is 0 Å². The zero-order chi connectivity index (χ0) is 13.9. The minimum Gasteiger partial charge on any atom is -0.385 e. The minimum atomic E-state index is -0.158. The van der Waals surface area contributed by atoms with Crippen LogP contribution in [0.3, 0.4) is 0 Å². The molecule has 2 N–H and O–H groups in total. The van der Waals surface area contributed by atoms with Gasteiger partial charge in [0.25, 0.3) is 5.91 Å². The summed E-state index contributed by atoms with van der Waals surface area (Å²) < 4.78 is 0.789. The average Bonchev–Trinajstić information content (AvgIpc) is 2.47. The molecule has 0 aliphatic carbocycles. The van der Waals surface area contributed by atoms with E-state index in [1.165, 1.54) is 5.56 Å². The van der Waals surface area contributed by atoms with Crippen LogP contribution in [0.1, 0.15) is 22.3 Å². The number of aromatic nitrogens is 1. The van der Waals surface area contributed by atoms with Gasteiger partial charge in [-0.25, -0.2) is 0 Å². The Labute approximate surface area is 125 Å². The molecule has 0 atom stereocenters. The van der Waals surface area contributed by atoms with Gasteiger partial charge in [0, 0.05) is 34.8 Å². The van der Waals surface area contributed by atoms with Gasteiger partial charge in [0.1, 0.15) is 0 Å². The Balaban J connectivity index is 1.79. The Morgan fingerprint density at radius 1 is 1.30 bits per heavy atom. The molecule has 102 valence electrons. The average molecular weight is 332 g/mol. The lowest BCUT2D eigenvalue weighted by atomic mass is 10.0. The number of halogens is 1. The van der Waals surface area contributed by atoms with Gasteiger partial charge in [-0.2, -0.15) is 0 Å². The second kappa shape index (κ2) is 5.63. The van der Waals surface area contributed by atoms with Crippen molar-refractivity contribution in [1.29, 1.82) is 0 Å². The van der Waals surface area contributed by atoms with Crippen molar-refractivity contribution in [2.75, 3.05) is 17.2 Å². The van der Waals surface area contributed by atoms with E-state index in [9.17, 15) is 4.79 Å². The summed E-state index contributed by atoms with van der Waals surface area (Å²) in [5, 5.41) is 6.25. The van der Waals surface area contributed by atoms with Gasteiger partial charge in [-0.15, -0.1) is 0 Å². The number of anilines is 2. The van der Waals surface area contributed by atoms with Gasteiger partial charge < -0.3 is 10.6 Å². The number of hydrogen-bond donors (Lipinski definition) is 2. The van der Waals surface area contributed by atoms with Crippen LogP contribution in [0.25, 0.3) is 0 Å². The molecule has 0 fully saturated rings. The maximum Gasteiger partial charge on any atom is 0.257 e. The van der Waals surface area contributed by atoms with Gasteiger partial charge in [-0.1, -0.05) is 6.07 Å². The lowest BCUT2D eigenvalue weighted by Crippen LogP contribution is -2.15. The first kappa shape index (κ1) is 13.1. The normalized spacial score (nSPS) is 13.2. The number of rotatable bonds is 2. The Hall–Kier alpha value is -1.88. The van der Waals surface area contributed by atoms with Crippen LogP contribution in [-0.2, 0) is 6.42 Å². The van der Waals surface area contributed by atoms with Crippen molar-refractivity contribution in [1.82, 2.24) is 4.98 Å². The molecule has 1 aliphatic rings. The van der Waals surface area contributed by atoms with E-state index < -0.39 is 0 Å². The molecule has 5 heteroatoms. The summed E-state index contributed by atoms with van der Waals surface area (Å²) in [5.74, 6) is -0.158. The third-order valence-corrected chi connectivity index (χ3v) is 3.71. The van der Waals surface area contributed by atoms with Gasteiger partial charge in [0.15, 0.2) is 0 Å². The SMILES string of the molecule is O=C(Nc1ccc2c(c1)NCCC2)c1cncc(Br)c1. The van der Waals surface area contributed by atoms with Gasteiger partial charge in [0.2, 0.25) is 0 Å². The van der Waals surface area contributed by atoms with E-state index in [2.05, 4.69) is 37.6 Å².